The first kappa shape index (κ1) is 17.4. The van der Waals surface area contributed by atoms with Crippen molar-refractivity contribution in [2.45, 2.75) is 77.6 Å². The first-order valence-electron chi connectivity index (χ1n) is 9.77. The van der Waals surface area contributed by atoms with Crippen LogP contribution in [-0.4, -0.2) is 34.0 Å². The van der Waals surface area contributed by atoms with E-state index in [0.717, 1.165) is 63.4 Å². The van der Waals surface area contributed by atoms with Gasteiger partial charge < -0.3 is 9.42 Å². The predicted octanol–water partition coefficient (Wildman–Crippen LogP) is 3.91. The molecule has 1 aromatic rings. The zero-order valence-corrected chi connectivity index (χ0v) is 15.0. The molecular formula is C19H31N3O2. The van der Waals surface area contributed by atoms with Crippen LogP contribution in [0.15, 0.2) is 4.52 Å². The number of rotatable bonds is 6. The zero-order chi connectivity index (χ0) is 16.8. The quantitative estimate of drug-likeness (QED) is 0.792. The van der Waals surface area contributed by atoms with Gasteiger partial charge in [-0.1, -0.05) is 37.3 Å². The lowest BCUT2D eigenvalue weighted by atomic mass is 9.86. The van der Waals surface area contributed by atoms with Gasteiger partial charge in [0, 0.05) is 32.9 Å². The Bertz CT molecular complexity index is 514. The Kier molecular flexibility index (Phi) is 6.27. The number of carbonyl (C=O) groups excluding carboxylic acids is 1. The van der Waals surface area contributed by atoms with Crippen molar-refractivity contribution in [3.63, 3.8) is 0 Å². The normalized spacial score (nSPS) is 20.5. The summed E-state index contributed by atoms with van der Waals surface area (Å²) in [4.78, 5) is 18.8. The van der Waals surface area contributed by atoms with Crippen molar-refractivity contribution in [1.29, 1.82) is 0 Å². The van der Waals surface area contributed by atoms with Crippen LogP contribution in [0.4, 0.5) is 0 Å². The molecule has 0 atom stereocenters. The SMILES string of the molecule is Cc1nc(CCC2CCN(C(=O)CCC3CCCCC3)CC2)no1. The molecule has 134 valence electrons. The molecule has 5 nitrogen and oxygen atoms in total. The molecule has 5 heteroatoms. The van der Waals surface area contributed by atoms with E-state index < -0.39 is 0 Å². The van der Waals surface area contributed by atoms with Crippen molar-refractivity contribution in [2.24, 2.45) is 11.8 Å². The van der Waals surface area contributed by atoms with E-state index in [1.54, 1.807) is 0 Å². The molecular weight excluding hydrogens is 302 g/mol. The van der Waals surface area contributed by atoms with Crippen molar-refractivity contribution >= 4 is 5.91 Å². The summed E-state index contributed by atoms with van der Waals surface area (Å²) >= 11 is 0. The number of aryl methyl sites for hydroxylation is 2. The van der Waals surface area contributed by atoms with Gasteiger partial charge in [0.05, 0.1) is 0 Å². The summed E-state index contributed by atoms with van der Waals surface area (Å²) in [5, 5.41) is 3.96. The minimum Gasteiger partial charge on any atom is -0.343 e. The van der Waals surface area contributed by atoms with Crippen molar-refractivity contribution in [2.75, 3.05) is 13.1 Å². The third-order valence-electron chi connectivity index (χ3n) is 5.80. The molecule has 3 rings (SSSR count). The summed E-state index contributed by atoms with van der Waals surface area (Å²) in [6.45, 7) is 3.69. The first-order chi connectivity index (χ1) is 11.7. The third-order valence-corrected chi connectivity index (χ3v) is 5.80. The Balaban J connectivity index is 1.32. The highest BCUT2D eigenvalue weighted by Gasteiger charge is 2.24. The Hall–Kier alpha value is -1.39. The largest absolute Gasteiger partial charge is 0.343 e. The van der Waals surface area contributed by atoms with Crippen molar-refractivity contribution < 1.29 is 9.32 Å². The predicted molar refractivity (Wildman–Crippen MR) is 92.5 cm³/mol. The average molecular weight is 333 g/mol. The van der Waals surface area contributed by atoms with Crippen LogP contribution in [0, 0.1) is 18.8 Å². The van der Waals surface area contributed by atoms with Gasteiger partial charge in [-0.25, -0.2) is 0 Å². The minimum absolute atomic E-state index is 0.382. The van der Waals surface area contributed by atoms with Crippen LogP contribution in [0.2, 0.25) is 0 Å². The summed E-state index contributed by atoms with van der Waals surface area (Å²) < 4.78 is 5.02. The minimum atomic E-state index is 0.382. The number of nitrogens with zero attached hydrogens (tertiary/aromatic N) is 3. The fourth-order valence-electron chi connectivity index (χ4n) is 4.21. The number of piperidine rings is 1. The van der Waals surface area contributed by atoms with Gasteiger partial charge in [-0.2, -0.15) is 4.98 Å². The van der Waals surface area contributed by atoms with Gasteiger partial charge in [0.25, 0.3) is 0 Å². The topological polar surface area (TPSA) is 59.2 Å². The van der Waals surface area contributed by atoms with Crippen LogP contribution in [0.5, 0.6) is 0 Å². The maximum absolute atomic E-state index is 12.4. The highest BCUT2D eigenvalue weighted by atomic mass is 16.5. The highest BCUT2D eigenvalue weighted by molar-refractivity contribution is 5.76. The summed E-state index contributed by atoms with van der Waals surface area (Å²) in [5.74, 6) is 3.33. The smallest absolute Gasteiger partial charge is 0.223 e. The number of hydrogen-bond acceptors (Lipinski definition) is 4. The average Bonchev–Trinajstić information content (AvgIpc) is 3.04. The Morgan fingerprint density at radius 3 is 2.46 bits per heavy atom. The lowest BCUT2D eigenvalue weighted by Crippen LogP contribution is -2.38. The monoisotopic (exact) mass is 333 g/mol. The van der Waals surface area contributed by atoms with E-state index in [1.807, 2.05) is 6.92 Å². The van der Waals surface area contributed by atoms with E-state index in [9.17, 15) is 4.79 Å². The van der Waals surface area contributed by atoms with E-state index in [4.69, 9.17) is 4.52 Å². The van der Waals surface area contributed by atoms with Gasteiger partial charge in [0.15, 0.2) is 5.82 Å². The maximum Gasteiger partial charge on any atom is 0.223 e. The summed E-state index contributed by atoms with van der Waals surface area (Å²) in [5.41, 5.74) is 0. The fourth-order valence-corrected chi connectivity index (χ4v) is 4.21. The first-order valence-corrected chi connectivity index (χ1v) is 9.77. The van der Waals surface area contributed by atoms with E-state index >= 15 is 0 Å². The van der Waals surface area contributed by atoms with Crippen LogP contribution in [0.3, 0.4) is 0 Å². The van der Waals surface area contributed by atoms with Gasteiger partial charge in [0.2, 0.25) is 11.8 Å². The molecule has 0 unspecified atom stereocenters. The summed E-state index contributed by atoms with van der Waals surface area (Å²) in [6, 6.07) is 0. The van der Waals surface area contributed by atoms with Crippen LogP contribution in [0.1, 0.15) is 75.9 Å². The van der Waals surface area contributed by atoms with E-state index in [-0.39, 0.29) is 0 Å². The lowest BCUT2D eigenvalue weighted by Gasteiger charge is -2.32. The lowest BCUT2D eigenvalue weighted by molar-refractivity contribution is -0.133. The van der Waals surface area contributed by atoms with E-state index in [1.165, 1.54) is 32.1 Å². The molecule has 1 amide bonds. The van der Waals surface area contributed by atoms with E-state index in [0.29, 0.717) is 17.7 Å². The highest BCUT2D eigenvalue weighted by Crippen LogP contribution is 2.28. The molecule has 2 heterocycles. The second kappa shape index (κ2) is 8.63. The number of aromatic nitrogens is 2. The Labute approximate surface area is 145 Å². The van der Waals surface area contributed by atoms with Crippen molar-refractivity contribution in [1.82, 2.24) is 15.0 Å². The molecule has 0 bridgehead atoms. The molecule has 2 aliphatic rings. The maximum atomic E-state index is 12.4. The van der Waals surface area contributed by atoms with Gasteiger partial charge in [-0.15, -0.1) is 0 Å². The van der Waals surface area contributed by atoms with Crippen molar-refractivity contribution in [3.8, 4) is 0 Å². The van der Waals surface area contributed by atoms with Gasteiger partial charge in [-0.05, 0) is 37.5 Å². The Morgan fingerprint density at radius 1 is 1.08 bits per heavy atom. The molecule has 2 fully saturated rings. The number of hydrogen-bond donors (Lipinski definition) is 0. The molecule has 0 N–H and O–H groups in total. The number of amides is 1. The van der Waals surface area contributed by atoms with Crippen LogP contribution in [-0.2, 0) is 11.2 Å². The standard InChI is InChI=1S/C19H31N3O2/c1-15-20-18(21-24-15)9-7-17-11-13-22(14-12-17)19(23)10-8-16-5-3-2-4-6-16/h16-17H,2-14H2,1H3. The second-order valence-electron chi connectivity index (χ2n) is 7.64. The molecule has 0 aromatic carbocycles. The fraction of sp³-hybridized carbons (Fsp3) is 0.842. The van der Waals surface area contributed by atoms with Crippen LogP contribution in [0.25, 0.3) is 0 Å². The molecule has 1 saturated heterocycles. The molecule has 0 radical (unpaired) electrons. The third kappa shape index (κ3) is 5.05. The molecule has 1 aliphatic heterocycles. The van der Waals surface area contributed by atoms with Crippen LogP contribution < -0.4 is 0 Å². The van der Waals surface area contributed by atoms with E-state index in [2.05, 4.69) is 15.0 Å². The molecule has 1 aromatic heterocycles. The molecule has 1 aliphatic carbocycles. The second-order valence-corrected chi connectivity index (χ2v) is 7.64. The molecule has 1 saturated carbocycles. The summed E-state index contributed by atoms with van der Waals surface area (Å²) in [7, 11) is 0. The van der Waals surface area contributed by atoms with Crippen LogP contribution >= 0.6 is 0 Å². The summed E-state index contributed by atoms with van der Waals surface area (Å²) in [6.07, 6.45) is 12.9. The number of carbonyl (C=O) groups is 1. The van der Waals surface area contributed by atoms with Crippen molar-refractivity contribution in [3.05, 3.63) is 11.7 Å². The molecule has 24 heavy (non-hydrogen) atoms. The molecule has 0 spiro atoms. The van der Waals surface area contributed by atoms with Gasteiger partial charge >= 0.3 is 0 Å². The number of likely N-dealkylation sites (tertiary alicyclic amines) is 1. The van der Waals surface area contributed by atoms with Gasteiger partial charge in [-0.3, -0.25) is 4.79 Å². The Morgan fingerprint density at radius 2 is 1.79 bits per heavy atom. The zero-order valence-electron chi connectivity index (χ0n) is 15.0. The van der Waals surface area contributed by atoms with Gasteiger partial charge in [0.1, 0.15) is 0 Å².